The van der Waals surface area contributed by atoms with Gasteiger partial charge in [0.25, 0.3) is 11.8 Å². The first-order valence-electron chi connectivity index (χ1n) is 10.1. The first-order chi connectivity index (χ1) is 15.6. The van der Waals surface area contributed by atoms with Crippen LogP contribution in [-0.4, -0.2) is 41.3 Å². The van der Waals surface area contributed by atoms with Crippen molar-refractivity contribution in [2.45, 2.75) is 22.2 Å². The molecule has 32 heavy (non-hydrogen) atoms. The van der Waals surface area contributed by atoms with Gasteiger partial charge in [-0.2, -0.15) is 11.3 Å². The van der Waals surface area contributed by atoms with Crippen molar-refractivity contribution < 1.29 is 14.3 Å². The summed E-state index contributed by atoms with van der Waals surface area (Å²) in [6.45, 7) is 1.41. The van der Waals surface area contributed by atoms with E-state index in [9.17, 15) is 9.59 Å². The highest BCUT2D eigenvalue weighted by Gasteiger charge is 2.44. The van der Waals surface area contributed by atoms with E-state index in [1.165, 1.54) is 16.8 Å². The summed E-state index contributed by atoms with van der Waals surface area (Å²) in [6.07, 6.45) is 0. The number of anilines is 1. The van der Waals surface area contributed by atoms with Crippen molar-refractivity contribution in [3.8, 4) is 0 Å². The molecule has 6 nitrogen and oxygen atoms in total. The fourth-order valence-corrected chi connectivity index (χ4v) is 5.59. The SMILES string of the molecule is O=C1NN(C(c2ccc(NC3COC3)cc2)c2ccsc2)C(=O)C1Sc1ccccc1Cl. The van der Waals surface area contributed by atoms with E-state index in [4.69, 9.17) is 16.3 Å². The third-order valence-corrected chi connectivity index (χ3v) is 7.77. The number of hydrogen-bond donors (Lipinski definition) is 2. The quantitative estimate of drug-likeness (QED) is 0.487. The van der Waals surface area contributed by atoms with Gasteiger partial charge in [-0.3, -0.25) is 15.0 Å². The summed E-state index contributed by atoms with van der Waals surface area (Å²) in [5.74, 6) is -0.631. The first-order valence-corrected chi connectivity index (χ1v) is 12.3. The van der Waals surface area contributed by atoms with E-state index in [2.05, 4.69) is 10.7 Å². The Bertz CT molecular complexity index is 1120. The van der Waals surface area contributed by atoms with Crippen LogP contribution in [0.25, 0.3) is 0 Å². The fourth-order valence-electron chi connectivity index (χ4n) is 3.67. The van der Waals surface area contributed by atoms with Crippen LogP contribution < -0.4 is 10.7 Å². The molecule has 2 aliphatic rings. The van der Waals surface area contributed by atoms with Gasteiger partial charge >= 0.3 is 0 Å². The topological polar surface area (TPSA) is 70.7 Å². The molecule has 0 spiro atoms. The van der Waals surface area contributed by atoms with Crippen molar-refractivity contribution in [3.63, 3.8) is 0 Å². The summed E-state index contributed by atoms with van der Waals surface area (Å²) in [6, 6.07) is 17.0. The molecule has 2 N–H and O–H groups in total. The second-order valence-corrected chi connectivity index (χ2v) is 9.91. The van der Waals surface area contributed by atoms with Crippen LogP contribution in [0.5, 0.6) is 0 Å². The summed E-state index contributed by atoms with van der Waals surface area (Å²) < 4.78 is 5.21. The average molecular weight is 486 g/mol. The standard InChI is InChI=1S/C23H20ClN3O3S2/c24-18-3-1-2-4-19(18)32-21-22(28)26-27(23(21)29)20(15-9-10-31-13-15)14-5-7-16(8-6-14)25-17-11-30-12-17/h1-10,13,17,20-21,25H,11-12H2,(H,26,28). The normalized spacial score (nSPS) is 19.5. The number of rotatable bonds is 7. The molecule has 2 aliphatic heterocycles. The summed E-state index contributed by atoms with van der Waals surface area (Å²) in [5, 5.41) is 8.45. The predicted octanol–water partition coefficient (Wildman–Crippen LogP) is 4.34. The fraction of sp³-hybridized carbons (Fsp3) is 0.217. The highest BCUT2D eigenvalue weighted by Crippen LogP contribution is 2.37. The van der Waals surface area contributed by atoms with Gasteiger partial charge in [-0.15, -0.1) is 11.8 Å². The van der Waals surface area contributed by atoms with Crippen molar-refractivity contribution in [3.05, 3.63) is 81.5 Å². The molecule has 2 unspecified atom stereocenters. The maximum Gasteiger partial charge on any atom is 0.265 e. The van der Waals surface area contributed by atoms with Gasteiger partial charge in [-0.05, 0) is 52.2 Å². The summed E-state index contributed by atoms with van der Waals surface area (Å²) in [5.41, 5.74) is 5.65. The molecule has 0 aliphatic carbocycles. The van der Waals surface area contributed by atoms with Crippen molar-refractivity contribution in [2.75, 3.05) is 18.5 Å². The Kier molecular flexibility index (Phi) is 6.10. The molecule has 0 radical (unpaired) electrons. The molecule has 3 heterocycles. The van der Waals surface area contributed by atoms with Crippen LogP contribution in [0.15, 0.2) is 70.3 Å². The van der Waals surface area contributed by atoms with Crippen LogP contribution in [-0.2, 0) is 14.3 Å². The number of benzene rings is 2. The molecule has 5 rings (SSSR count). The number of halogens is 1. The molecule has 0 saturated carbocycles. The van der Waals surface area contributed by atoms with Gasteiger partial charge in [0.1, 0.15) is 6.04 Å². The zero-order chi connectivity index (χ0) is 22.1. The smallest absolute Gasteiger partial charge is 0.265 e. The largest absolute Gasteiger partial charge is 0.378 e. The number of nitrogens with zero attached hydrogens (tertiary/aromatic N) is 1. The van der Waals surface area contributed by atoms with Crippen molar-refractivity contribution in [1.82, 2.24) is 10.4 Å². The lowest BCUT2D eigenvalue weighted by molar-refractivity contribution is -0.131. The summed E-state index contributed by atoms with van der Waals surface area (Å²) in [7, 11) is 0. The van der Waals surface area contributed by atoms with Crippen molar-refractivity contribution in [1.29, 1.82) is 0 Å². The molecule has 0 bridgehead atoms. The number of hydrazine groups is 1. The Hall–Kier alpha value is -2.52. The van der Waals surface area contributed by atoms with Crippen LogP contribution in [0.1, 0.15) is 17.2 Å². The van der Waals surface area contributed by atoms with Gasteiger partial charge in [0.2, 0.25) is 0 Å². The van der Waals surface area contributed by atoms with E-state index < -0.39 is 11.3 Å². The van der Waals surface area contributed by atoms with Gasteiger partial charge in [-0.1, -0.05) is 35.9 Å². The second kappa shape index (κ2) is 9.15. The molecule has 2 saturated heterocycles. The number of thiophene rings is 1. The molecule has 2 amide bonds. The van der Waals surface area contributed by atoms with Gasteiger partial charge in [0.15, 0.2) is 5.25 Å². The average Bonchev–Trinajstić information content (AvgIpc) is 3.38. The van der Waals surface area contributed by atoms with Gasteiger partial charge < -0.3 is 10.1 Å². The lowest BCUT2D eigenvalue weighted by Crippen LogP contribution is -2.40. The molecule has 2 fully saturated rings. The van der Waals surface area contributed by atoms with Crippen LogP contribution in [0.3, 0.4) is 0 Å². The minimum Gasteiger partial charge on any atom is -0.378 e. The van der Waals surface area contributed by atoms with E-state index in [1.54, 1.807) is 17.4 Å². The lowest BCUT2D eigenvalue weighted by atomic mass is 10.00. The van der Waals surface area contributed by atoms with Gasteiger partial charge in [0.05, 0.1) is 24.3 Å². The molecule has 2 atom stereocenters. The van der Waals surface area contributed by atoms with Crippen LogP contribution >= 0.6 is 34.7 Å². The summed E-state index contributed by atoms with van der Waals surface area (Å²) in [4.78, 5) is 26.8. The number of hydrogen-bond acceptors (Lipinski definition) is 6. The minimum absolute atomic E-state index is 0.287. The minimum atomic E-state index is -0.893. The lowest BCUT2D eigenvalue weighted by Gasteiger charge is -2.29. The van der Waals surface area contributed by atoms with Crippen LogP contribution in [0.2, 0.25) is 5.02 Å². The molecule has 9 heteroatoms. The number of amides is 2. The second-order valence-electron chi connectivity index (χ2n) is 7.57. The molecule has 3 aromatic rings. The van der Waals surface area contributed by atoms with Crippen LogP contribution in [0, 0.1) is 0 Å². The first kappa shape index (κ1) is 21.3. The van der Waals surface area contributed by atoms with Gasteiger partial charge in [0, 0.05) is 10.6 Å². The van der Waals surface area contributed by atoms with Crippen molar-refractivity contribution >= 4 is 52.2 Å². The highest BCUT2D eigenvalue weighted by atomic mass is 35.5. The van der Waals surface area contributed by atoms with Crippen LogP contribution in [0.4, 0.5) is 5.69 Å². The maximum atomic E-state index is 13.4. The van der Waals surface area contributed by atoms with E-state index in [1.807, 2.05) is 59.3 Å². The number of ether oxygens (including phenoxy) is 1. The van der Waals surface area contributed by atoms with E-state index in [0.29, 0.717) is 29.2 Å². The van der Waals surface area contributed by atoms with E-state index >= 15 is 0 Å². The Balaban J connectivity index is 1.40. The number of carbonyl (C=O) groups excluding carboxylic acids is 2. The Morgan fingerprint density at radius 3 is 2.53 bits per heavy atom. The number of nitrogens with one attached hydrogen (secondary N) is 2. The Morgan fingerprint density at radius 2 is 1.88 bits per heavy atom. The van der Waals surface area contributed by atoms with E-state index in [-0.39, 0.29) is 11.8 Å². The molecule has 164 valence electrons. The Morgan fingerprint density at radius 1 is 1.09 bits per heavy atom. The number of carbonyl (C=O) groups is 2. The van der Waals surface area contributed by atoms with Gasteiger partial charge in [-0.25, -0.2) is 5.01 Å². The highest BCUT2D eigenvalue weighted by molar-refractivity contribution is 8.01. The zero-order valence-electron chi connectivity index (χ0n) is 16.9. The predicted molar refractivity (Wildman–Crippen MR) is 127 cm³/mol. The zero-order valence-corrected chi connectivity index (χ0v) is 19.3. The Labute approximate surface area is 198 Å². The molecular formula is C23H20ClN3O3S2. The van der Waals surface area contributed by atoms with Crippen molar-refractivity contribution in [2.24, 2.45) is 0 Å². The third-order valence-electron chi connectivity index (χ3n) is 5.36. The van der Waals surface area contributed by atoms with E-state index in [0.717, 1.165) is 16.8 Å². The monoisotopic (exact) mass is 485 g/mol. The third kappa shape index (κ3) is 4.23. The summed E-state index contributed by atoms with van der Waals surface area (Å²) >= 11 is 8.97. The maximum absolute atomic E-state index is 13.4. The molecular weight excluding hydrogens is 466 g/mol. The molecule has 2 aromatic carbocycles. The number of thioether (sulfide) groups is 1. The molecule has 1 aromatic heterocycles.